The molecule has 2 aromatic rings. The van der Waals surface area contributed by atoms with Gasteiger partial charge >= 0.3 is 6.03 Å². The minimum Gasteiger partial charge on any atom is -0.329 e. The average molecular weight is 375 g/mol. The van der Waals surface area contributed by atoms with Crippen LogP contribution in [0.2, 0.25) is 0 Å². The molecule has 1 aliphatic rings. The summed E-state index contributed by atoms with van der Waals surface area (Å²) in [5, 5.41) is 18.6. The number of hydrogen-bond donors (Lipinski definition) is 3. The van der Waals surface area contributed by atoms with Crippen molar-refractivity contribution in [1.29, 1.82) is 0 Å². The number of non-ortho nitro benzene ring substituents is 1. The molecule has 0 saturated carbocycles. The smallest absolute Gasteiger partial charge is 0.319 e. The molecule has 1 saturated heterocycles. The summed E-state index contributed by atoms with van der Waals surface area (Å²) >= 11 is 1.73. The number of hydrogen-bond acceptors (Lipinski definition) is 4. The van der Waals surface area contributed by atoms with Crippen LogP contribution in [0.4, 0.5) is 16.2 Å². The molecule has 1 aliphatic heterocycles. The Morgan fingerprint density at radius 1 is 1.23 bits per heavy atom. The predicted molar refractivity (Wildman–Crippen MR) is 102 cm³/mol. The van der Waals surface area contributed by atoms with E-state index in [2.05, 4.69) is 22.1 Å². The molecule has 3 N–H and O–H groups in total. The Hall–Kier alpha value is -2.45. The highest BCUT2D eigenvalue weighted by Gasteiger charge is 2.33. The van der Waals surface area contributed by atoms with Gasteiger partial charge in [0.2, 0.25) is 0 Å². The Labute approximate surface area is 156 Å². The third-order valence-electron chi connectivity index (χ3n) is 4.73. The molecule has 0 radical (unpaired) electrons. The minimum atomic E-state index is -0.462. The van der Waals surface area contributed by atoms with E-state index in [0.717, 1.165) is 13.1 Å². The van der Waals surface area contributed by atoms with Gasteiger partial charge in [0, 0.05) is 30.7 Å². The van der Waals surface area contributed by atoms with Crippen LogP contribution in [-0.4, -0.2) is 30.1 Å². The van der Waals surface area contributed by atoms with Crippen molar-refractivity contribution >= 4 is 28.7 Å². The quantitative estimate of drug-likeness (QED) is 0.536. The van der Waals surface area contributed by atoms with Crippen LogP contribution >= 0.6 is 11.3 Å². The summed E-state index contributed by atoms with van der Waals surface area (Å²) in [6.07, 6.45) is 2.44. The normalized spacial score (nSPS) is 16.8. The number of nitrogens with zero attached hydrogens (tertiary/aromatic N) is 1. The van der Waals surface area contributed by atoms with Gasteiger partial charge in [0.1, 0.15) is 6.04 Å². The standard InChI is InChI=1S/C18H22N4O3S/c1-13(17(16-5-4-12-26-16)21-10-2-3-11-21)19-18(23)20-14-6-8-15(9-7-14)22(24)25/h4-9,12-13,17H,2-3,10-11H2,1H3,(H2,19,20,23)/p+1/t13-,17-/m1/s1. The first-order chi connectivity index (χ1) is 12.5. The van der Waals surface area contributed by atoms with Gasteiger partial charge in [-0.3, -0.25) is 10.1 Å². The molecule has 1 fully saturated rings. The molecule has 0 spiro atoms. The Morgan fingerprint density at radius 2 is 1.92 bits per heavy atom. The van der Waals surface area contributed by atoms with Crippen LogP contribution in [-0.2, 0) is 0 Å². The van der Waals surface area contributed by atoms with E-state index in [-0.39, 0.29) is 23.8 Å². The van der Waals surface area contributed by atoms with Crippen LogP contribution in [0.15, 0.2) is 41.8 Å². The van der Waals surface area contributed by atoms with Gasteiger partial charge in [-0.1, -0.05) is 6.07 Å². The summed E-state index contributed by atoms with van der Waals surface area (Å²) in [4.78, 5) is 25.4. The number of likely N-dealkylation sites (tertiary alicyclic amines) is 1. The number of benzene rings is 1. The lowest BCUT2D eigenvalue weighted by Crippen LogP contribution is -3.11. The fourth-order valence-corrected chi connectivity index (χ4v) is 4.52. The maximum atomic E-state index is 12.4. The number of carbonyl (C=O) groups excluding carboxylic acids is 1. The minimum absolute atomic E-state index is 0.000260. The zero-order valence-electron chi connectivity index (χ0n) is 14.6. The van der Waals surface area contributed by atoms with Crippen molar-refractivity contribution in [3.8, 4) is 0 Å². The lowest BCUT2D eigenvalue weighted by Gasteiger charge is -2.29. The topological polar surface area (TPSA) is 88.7 Å². The van der Waals surface area contributed by atoms with Crippen LogP contribution in [0.3, 0.4) is 0 Å². The Morgan fingerprint density at radius 3 is 2.50 bits per heavy atom. The van der Waals surface area contributed by atoms with Gasteiger partial charge < -0.3 is 15.5 Å². The van der Waals surface area contributed by atoms with E-state index in [1.165, 1.54) is 46.9 Å². The van der Waals surface area contributed by atoms with Gasteiger partial charge in [-0.05, 0) is 30.5 Å². The largest absolute Gasteiger partial charge is 0.329 e. The molecular weight excluding hydrogens is 352 g/mol. The first kappa shape index (κ1) is 18.3. The zero-order valence-corrected chi connectivity index (χ0v) is 15.4. The number of thiophene rings is 1. The van der Waals surface area contributed by atoms with Gasteiger partial charge in [-0.15, -0.1) is 11.3 Å². The third kappa shape index (κ3) is 4.39. The number of nitro benzene ring substituents is 1. The number of urea groups is 1. The number of anilines is 1. The fourth-order valence-electron chi connectivity index (χ4n) is 3.53. The molecule has 7 nitrogen and oxygen atoms in total. The van der Waals surface area contributed by atoms with E-state index in [4.69, 9.17) is 0 Å². The van der Waals surface area contributed by atoms with E-state index < -0.39 is 4.92 Å². The fraction of sp³-hybridized carbons (Fsp3) is 0.389. The summed E-state index contributed by atoms with van der Waals surface area (Å²) in [6.45, 7) is 4.28. The molecule has 0 aliphatic carbocycles. The van der Waals surface area contributed by atoms with Crippen LogP contribution in [0, 0.1) is 10.1 Å². The highest BCUT2D eigenvalue weighted by atomic mass is 32.1. The van der Waals surface area contributed by atoms with Crippen molar-refractivity contribution in [1.82, 2.24) is 5.32 Å². The summed E-state index contributed by atoms with van der Waals surface area (Å²) in [7, 11) is 0. The second kappa shape index (κ2) is 8.29. The number of rotatable bonds is 6. The molecule has 2 amide bonds. The van der Waals surface area contributed by atoms with Crippen molar-refractivity contribution in [2.24, 2.45) is 0 Å². The van der Waals surface area contributed by atoms with Crippen LogP contribution < -0.4 is 15.5 Å². The second-order valence-electron chi connectivity index (χ2n) is 6.55. The van der Waals surface area contributed by atoms with Gasteiger partial charge in [0.05, 0.1) is 28.9 Å². The Bertz CT molecular complexity index is 742. The molecule has 1 aromatic carbocycles. The second-order valence-corrected chi connectivity index (χ2v) is 7.53. The first-order valence-electron chi connectivity index (χ1n) is 8.74. The number of quaternary nitrogens is 1. The van der Waals surface area contributed by atoms with Crippen LogP contribution in [0.5, 0.6) is 0 Å². The van der Waals surface area contributed by atoms with E-state index in [0.29, 0.717) is 5.69 Å². The van der Waals surface area contributed by atoms with Gasteiger partial charge in [-0.2, -0.15) is 0 Å². The average Bonchev–Trinajstić information content (AvgIpc) is 3.30. The number of carbonyl (C=O) groups is 1. The Balaban J connectivity index is 1.63. The lowest BCUT2D eigenvalue weighted by atomic mass is 10.1. The molecule has 26 heavy (non-hydrogen) atoms. The molecule has 2 atom stereocenters. The highest BCUT2D eigenvalue weighted by Crippen LogP contribution is 2.21. The van der Waals surface area contributed by atoms with Crippen molar-refractivity contribution in [2.75, 3.05) is 18.4 Å². The summed E-state index contributed by atoms with van der Waals surface area (Å²) < 4.78 is 0. The molecule has 3 rings (SSSR count). The van der Waals surface area contributed by atoms with Crippen LogP contribution in [0.25, 0.3) is 0 Å². The summed E-state index contributed by atoms with van der Waals surface area (Å²) in [6, 6.07) is 9.91. The van der Waals surface area contributed by atoms with Crippen molar-refractivity contribution in [3.05, 3.63) is 56.8 Å². The zero-order chi connectivity index (χ0) is 18.5. The molecule has 0 bridgehead atoms. The molecular formula is C18H23N4O3S+. The van der Waals surface area contributed by atoms with E-state index >= 15 is 0 Å². The first-order valence-corrected chi connectivity index (χ1v) is 9.62. The lowest BCUT2D eigenvalue weighted by molar-refractivity contribution is -0.920. The van der Waals surface area contributed by atoms with Crippen molar-refractivity contribution in [2.45, 2.75) is 31.8 Å². The van der Waals surface area contributed by atoms with Crippen molar-refractivity contribution in [3.63, 3.8) is 0 Å². The highest BCUT2D eigenvalue weighted by molar-refractivity contribution is 7.10. The van der Waals surface area contributed by atoms with E-state index in [9.17, 15) is 14.9 Å². The molecule has 1 aromatic heterocycles. The molecule has 2 heterocycles. The molecule has 8 heteroatoms. The molecule has 0 unspecified atom stereocenters. The monoisotopic (exact) mass is 375 g/mol. The maximum Gasteiger partial charge on any atom is 0.319 e. The van der Waals surface area contributed by atoms with Gasteiger partial charge in [0.25, 0.3) is 5.69 Å². The number of amides is 2. The predicted octanol–water partition coefficient (Wildman–Crippen LogP) is 2.59. The van der Waals surface area contributed by atoms with E-state index in [1.54, 1.807) is 11.3 Å². The molecule has 138 valence electrons. The van der Waals surface area contributed by atoms with E-state index in [1.807, 2.05) is 13.0 Å². The SMILES string of the molecule is C[C@@H](NC(=O)Nc1ccc([N+](=O)[O-])cc1)[C@H](c1cccs1)[NH+]1CCCC1. The maximum absolute atomic E-state index is 12.4. The number of nitro groups is 1. The van der Waals surface area contributed by atoms with Gasteiger partial charge in [-0.25, -0.2) is 4.79 Å². The van der Waals surface area contributed by atoms with Crippen LogP contribution in [0.1, 0.15) is 30.7 Å². The van der Waals surface area contributed by atoms with Crippen molar-refractivity contribution < 1.29 is 14.6 Å². The Kier molecular flexibility index (Phi) is 5.85. The number of nitrogens with one attached hydrogen (secondary N) is 3. The summed E-state index contributed by atoms with van der Waals surface area (Å²) in [5.74, 6) is 0. The summed E-state index contributed by atoms with van der Waals surface area (Å²) in [5.41, 5.74) is 0.529. The van der Waals surface area contributed by atoms with Gasteiger partial charge in [0.15, 0.2) is 0 Å². The third-order valence-corrected chi connectivity index (χ3v) is 5.69.